The molecular formula is C34H40N2O9. The Kier molecular flexibility index (Phi) is 9.02. The van der Waals surface area contributed by atoms with Gasteiger partial charge in [-0.25, -0.2) is 0 Å². The lowest BCUT2D eigenvalue weighted by Gasteiger charge is -2.43. The number of hydrogen-bond acceptors (Lipinski definition) is 9. The molecule has 4 N–H and O–H groups in total. The van der Waals surface area contributed by atoms with Gasteiger partial charge in [0.1, 0.15) is 12.2 Å². The molecule has 0 unspecified atom stereocenters. The average Bonchev–Trinajstić information content (AvgIpc) is 3.58. The molecule has 45 heavy (non-hydrogen) atoms. The number of carbonyl (C=O) groups is 2. The monoisotopic (exact) mass is 620 g/mol. The molecule has 6 rings (SSSR count). The van der Waals surface area contributed by atoms with E-state index in [0.717, 1.165) is 38.5 Å². The lowest BCUT2D eigenvalue weighted by Crippen LogP contribution is -2.58. The number of nitrogens with one attached hydrogen (secondary N) is 1. The third kappa shape index (κ3) is 5.64. The van der Waals surface area contributed by atoms with Gasteiger partial charge in [0.05, 0.1) is 39.4 Å². The molecule has 1 aliphatic heterocycles. The van der Waals surface area contributed by atoms with Gasteiger partial charge in [-0.2, -0.15) is 0 Å². The number of hydrogen-bond donors (Lipinski definition) is 4. The van der Waals surface area contributed by atoms with Crippen molar-refractivity contribution in [3.05, 3.63) is 64.9 Å². The highest BCUT2D eigenvalue weighted by Crippen LogP contribution is 2.52. The van der Waals surface area contributed by atoms with Crippen LogP contribution in [0.3, 0.4) is 0 Å². The van der Waals surface area contributed by atoms with Crippen LogP contribution in [0, 0.1) is 0 Å². The summed E-state index contributed by atoms with van der Waals surface area (Å²) in [6.45, 7) is -0.480. The summed E-state index contributed by atoms with van der Waals surface area (Å²) in [6, 6.07) is 9.38. The molecule has 2 aromatic carbocycles. The molecular weight excluding hydrogens is 580 g/mol. The standard InChI is InChI=1S/C34H40N2O9/c1-42-25-11-7-8-20-16-27(44-30(20)25)34(41)36(21-9-5-3-4-6-10-21)24-17-23(33(40)35-12-13-37)28-22-14-19(18-38)15-26(43-2)31(22)45-32(28)29(24)39/h7-8,11,14-17,21,24,28-29,32,37-39H,3-6,9-10,12-13,18H2,1-2H3,(H,35,40)/t24-,28+,29+,32+/m1/s1. The highest BCUT2D eigenvalue weighted by atomic mass is 16.5. The molecule has 1 aromatic heterocycles. The number of para-hydroxylation sites is 1. The first-order chi connectivity index (χ1) is 21.9. The van der Waals surface area contributed by atoms with Crippen LogP contribution in [0.1, 0.15) is 66.1 Å². The first-order valence-electron chi connectivity index (χ1n) is 15.6. The molecule has 0 saturated heterocycles. The molecule has 2 heterocycles. The molecule has 0 radical (unpaired) electrons. The number of aliphatic hydroxyl groups is 3. The van der Waals surface area contributed by atoms with Crippen LogP contribution >= 0.6 is 0 Å². The zero-order valence-corrected chi connectivity index (χ0v) is 25.5. The number of benzene rings is 2. The minimum absolute atomic E-state index is 0.0284. The summed E-state index contributed by atoms with van der Waals surface area (Å²) in [5.74, 6) is -0.180. The van der Waals surface area contributed by atoms with E-state index in [-0.39, 0.29) is 31.6 Å². The molecule has 4 atom stereocenters. The molecule has 3 aromatic rings. The summed E-state index contributed by atoms with van der Waals surface area (Å²) in [5, 5.41) is 34.9. The Morgan fingerprint density at radius 1 is 1.02 bits per heavy atom. The maximum absolute atomic E-state index is 14.5. The molecule has 2 amide bonds. The van der Waals surface area contributed by atoms with Gasteiger partial charge >= 0.3 is 0 Å². The molecule has 0 spiro atoms. The highest BCUT2D eigenvalue weighted by molar-refractivity contribution is 5.99. The fourth-order valence-corrected chi connectivity index (χ4v) is 7.10. The van der Waals surface area contributed by atoms with Crippen molar-refractivity contribution < 1.29 is 43.5 Å². The van der Waals surface area contributed by atoms with Gasteiger partial charge in [0.25, 0.3) is 5.91 Å². The number of ether oxygens (including phenoxy) is 3. The van der Waals surface area contributed by atoms with Crippen molar-refractivity contribution in [2.45, 2.75) is 75.3 Å². The van der Waals surface area contributed by atoms with Crippen molar-refractivity contribution in [2.24, 2.45) is 0 Å². The van der Waals surface area contributed by atoms with E-state index in [1.54, 1.807) is 35.2 Å². The zero-order valence-electron chi connectivity index (χ0n) is 25.5. The lowest BCUT2D eigenvalue weighted by atomic mass is 9.76. The molecule has 240 valence electrons. The van der Waals surface area contributed by atoms with Gasteiger partial charge in [0.2, 0.25) is 5.91 Å². The fraction of sp³-hybridized carbons (Fsp3) is 0.471. The quantitative estimate of drug-likeness (QED) is 0.264. The van der Waals surface area contributed by atoms with Crippen molar-refractivity contribution in [3.63, 3.8) is 0 Å². The highest BCUT2D eigenvalue weighted by Gasteiger charge is 2.52. The molecule has 1 saturated carbocycles. The normalized spacial score (nSPS) is 22.9. The summed E-state index contributed by atoms with van der Waals surface area (Å²) < 4.78 is 23.5. The number of fused-ring (bicyclic) bond motifs is 4. The molecule has 2 aliphatic carbocycles. The Labute approximate surface area is 261 Å². The van der Waals surface area contributed by atoms with Crippen molar-refractivity contribution >= 4 is 22.8 Å². The number of rotatable bonds is 9. The van der Waals surface area contributed by atoms with Gasteiger partial charge in [-0.1, -0.05) is 37.8 Å². The predicted octanol–water partition coefficient (Wildman–Crippen LogP) is 3.43. The van der Waals surface area contributed by atoms with E-state index in [1.807, 2.05) is 12.1 Å². The van der Waals surface area contributed by atoms with Crippen LogP contribution in [0.25, 0.3) is 11.0 Å². The van der Waals surface area contributed by atoms with Crippen molar-refractivity contribution in [2.75, 3.05) is 27.4 Å². The summed E-state index contributed by atoms with van der Waals surface area (Å²) in [4.78, 5) is 29.9. The van der Waals surface area contributed by atoms with Crippen LogP contribution in [-0.4, -0.2) is 83.7 Å². The summed E-state index contributed by atoms with van der Waals surface area (Å²) in [7, 11) is 3.03. The number of amides is 2. The lowest BCUT2D eigenvalue weighted by molar-refractivity contribution is -0.118. The predicted molar refractivity (Wildman–Crippen MR) is 164 cm³/mol. The van der Waals surface area contributed by atoms with Gasteiger partial charge in [-0.15, -0.1) is 0 Å². The third-order valence-corrected chi connectivity index (χ3v) is 9.21. The van der Waals surface area contributed by atoms with Crippen molar-refractivity contribution in [3.8, 4) is 17.2 Å². The minimum Gasteiger partial charge on any atom is -0.493 e. The molecule has 3 aliphatic rings. The van der Waals surface area contributed by atoms with Gasteiger partial charge < -0.3 is 44.2 Å². The first kappa shape index (κ1) is 30.9. The van der Waals surface area contributed by atoms with Crippen molar-refractivity contribution in [1.29, 1.82) is 0 Å². The second-order valence-corrected chi connectivity index (χ2v) is 11.9. The Balaban J connectivity index is 1.47. The fourth-order valence-electron chi connectivity index (χ4n) is 7.10. The third-order valence-electron chi connectivity index (χ3n) is 9.21. The Bertz CT molecular complexity index is 1590. The van der Waals surface area contributed by atoms with Crippen LogP contribution in [0.5, 0.6) is 17.2 Å². The van der Waals surface area contributed by atoms with E-state index >= 15 is 0 Å². The zero-order chi connectivity index (χ0) is 31.7. The number of nitrogens with zero attached hydrogens (tertiary/aromatic N) is 1. The Morgan fingerprint density at radius 2 is 1.78 bits per heavy atom. The van der Waals surface area contributed by atoms with E-state index < -0.39 is 36.0 Å². The molecule has 1 fully saturated rings. The molecule has 11 heteroatoms. The maximum Gasteiger partial charge on any atom is 0.290 e. The summed E-state index contributed by atoms with van der Waals surface area (Å²) in [5.41, 5.74) is 1.92. The SMILES string of the molecule is COc1cc(CO)cc2c1O[C@@H]1[C@@H](O)[C@H](N(C(=O)c3cc4cccc(OC)c4o3)C3CCCCCC3)C=C(C(=O)NCCO)[C@H]21. The number of furan rings is 1. The van der Waals surface area contributed by atoms with Crippen LogP contribution < -0.4 is 19.5 Å². The van der Waals surface area contributed by atoms with Crippen LogP contribution in [0.2, 0.25) is 0 Å². The minimum atomic E-state index is -1.22. The second-order valence-electron chi connectivity index (χ2n) is 11.9. The van der Waals surface area contributed by atoms with Crippen LogP contribution in [0.4, 0.5) is 0 Å². The second kappa shape index (κ2) is 13.1. The van der Waals surface area contributed by atoms with Crippen molar-refractivity contribution in [1.82, 2.24) is 10.2 Å². The number of aliphatic hydroxyl groups excluding tert-OH is 3. The van der Waals surface area contributed by atoms with Gasteiger partial charge in [-0.3, -0.25) is 9.59 Å². The van der Waals surface area contributed by atoms with Gasteiger partial charge in [0.15, 0.2) is 28.6 Å². The molecule has 0 bridgehead atoms. The summed E-state index contributed by atoms with van der Waals surface area (Å²) in [6.07, 6.45) is 4.95. The van der Waals surface area contributed by atoms with E-state index in [2.05, 4.69) is 5.32 Å². The van der Waals surface area contributed by atoms with E-state index in [9.17, 15) is 24.9 Å². The first-order valence-corrected chi connectivity index (χ1v) is 15.6. The average molecular weight is 621 g/mol. The van der Waals surface area contributed by atoms with E-state index in [1.165, 1.54) is 14.2 Å². The summed E-state index contributed by atoms with van der Waals surface area (Å²) >= 11 is 0. The largest absolute Gasteiger partial charge is 0.493 e. The van der Waals surface area contributed by atoms with Crippen LogP contribution in [0.15, 0.2) is 52.5 Å². The van der Waals surface area contributed by atoms with E-state index in [4.69, 9.17) is 18.6 Å². The Morgan fingerprint density at radius 3 is 2.47 bits per heavy atom. The number of carbonyl (C=O) groups excluding carboxylic acids is 2. The van der Waals surface area contributed by atoms with Gasteiger partial charge in [0, 0.05) is 29.1 Å². The maximum atomic E-state index is 14.5. The molecule has 11 nitrogen and oxygen atoms in total. The van der Waals surface area contributed by atoms with Crippen LogP contribution in [-0.2, 0) is 11.4 Å². The topological polar surface area (TPSA) is 151 Å². The smallest absolute Gasteiger partial charge is 0.290 e. The Hall–Kier alpha value is -4.06. The van der Waals surface area contributed by atoms with Gasteiger partial charge in [-0.05, 0) is 48.7 Å². The number of methoxy groups -OCH3 is 2. The van der Waals surface area contributed by atoms with E-state index in [0.29, 0.717) is 44.9 Å².